The molecule has 1 N–H and O–H groups in total. The highest BCUT2D eigenvalue weighted by atomic mass is 32.2. The average molecular weight is 229 g/mol. The van der Waals surface area contributed by atoms with Gasteiger partial charge in [0.2, 0.25) is 5.01 Å². The van der Waals surface area contributed by atoms with E-state index in [1.54, 1.807) is 6.20 Å². The Bertz CT molecular complexity index is 331. The van der Waals surface area contributed by atoms with Gasteiger partial charge < -0.3 is 5.11 Å². The lowest BCUT2D eigenvalue weighted by atomic mass is 10.0. The second kappa shape index (κ2) is 4.31. The van der Waals surface area contributed by atoms with Crippen LogP contribution in [0.4, 0.5) is 0 Å². The molecule has 14 heavy (non-hydrogen) atoms. The van der Waals surface area contributed by atoms with Crippen molar-refractivity contribution < 1.29 is 9.90 Å². The zero-order valence-corrected chi connectivity index (χ0v) is 9.24. The molecule has 1 saturated heterocycles. The van der Waals surface area contributed by atoms with Gasteiger partial charge in [-0.1, -0.05) is 0 Å². The van der Waals surface area contributed by atoms with Crippen LogP contribution in [-0.2, 0) is 0 Å². The van der Waals surface area contributed by atoms with Crippen molar-refractivity contribution in [2.45, 2.75) is 18.8 Å². The summed E-state index contributed by atoms with van der Waals surface area (Å²) in [6.07, 6.45) is 4.13. The van der Waals surface area contributed by atoms with Crippen molar-refractivity contribution >= 4 is 29.1 Å². The molecule has 1 atom stereocenters. The van der Waals surface area contributed by atoms with E-state index in [0.29, 0.717) is 5.92 Å². The number of carboxylic acids is 1. The summed E-state index contributed by atoms with van der Waals surface area (Å²) in [5, 5.41) is 8.96. The summed E-state index contributed by atoms with van der Waals surface area (Å²) < 4.78 is 0. The van der Waals surface area contributed by atoms with E-state index >= 15 is 0 Å². The molecule has 0 amide bonds. The SMILES string of the molecule is O=C(O)c1ncc(C2CCCSC2)s1. The Morgan fingerprint density at radius 3 is 3.07 bits per heavy atom. The molecule has 1 aromatic heterocycles. The molecular weight excluding hydrogens is 218 g/mol. The third-order valence-corrected chi connectivity index (χ3v) is 4.63. The molecule has 1 aliphatic heterocycles. The summed E-state index contributed by atoms with van der Waals surface area (Å²) in [7, 11) is 0. The fourth-order valence-corrected chi connectivity index (χ4v) is 3.70. The van der Waals surface area contributed by atoms with E-state index < -0.39 is 5.97 Å². The van der Waals surface area contributed by atoms with Crippen molar-refractivity contribution in [2.75, 3.05) is 11.5 Å². The molecule has 2 rings (SSSR count). The molecule has 3 nitrogen and oxygen atoms in total. The Labute approximate surface area is 90.6 Å². The lowest BCUT2D eigenvalue weighted by Gasteiger charge is -2.19. The monoisotopic (exact) mass is 229 g/mol. The van der Waals surface area contributed by atoms with Crippen LogP contribution in [0, 0.1) is 0 Å². The number of rotatable bonds is 2. The first-order valence-electron chi connectivity index (χ1n) is 4.54. The first kappa shape index (κ1) is 9.98. The van der Waals surface area contributed by atoms with E-state index in [-0.39, 0.29) is 5.01 Å². The normalized spacial score (nSPS) is 22.1. The summed E-state index contributed by atoms with van der Waals surface area (Å²) in [6.45, 7) is 0. The molecular formula is C9H11NO2S2. The number of nitrogens with zero attached hydrogens (tertiary/aromatic N) is 1. The van der Waals surface area contributed by atoms with Crippen LogP contribution in [0.1, 0.15) is 33.4 Å². The van der Waals surface area contributed by atoms with Gasteiger partial charge in [0.1, 0.15) is 0 Å². The van der Waals surface area contributed by atoms with Crippen LogP contribution in [0.5, 0.6) is 0 Å². The first-order chi connectivity index (χ1) is 6.77. The Hall–Kier alpha value is -0.550. The molecule has 1 aliphatic rings. The number of aromatic carboxylic acids is 1. The zero-order valence-electron chi connectivity index (χ0n) is 7.60. The molecule has 5 heteroatoms. The summed E-state index contributed by atoms with van der Waals surface area (Å²) in [6, 6.07) is 0. The third kappa shape index (κ3) is 2.09. The number of hydrogen-bond donors (Lipinski definition) is 1. The third-order valence-electron chi connectivity index (χ3n) is 2.27. The molecule has 0 aliphatic carbocycles. The fourth-order valence-electron chi connectivity index (χ4n) is 1.54. The van der Waals surface area contributed by atoms with Crippen molar-refractivity contribution in [2.24, 2.45) is 0 Å². The van der Waals surface area contributed by atoms with Crippen LogP contribution >= 0.6 is 23.1 Å². The van der Waals surface area contributed by atoms with Crippen molar-refractivity contribution in [1.82, 2.24) is 4.98 Å². The highest BCUT2D eigenvalue weighted by Crippen LogP contribution is 2.33. The van der Waals surface area contributed by atoms with Gasteiger partial charge in [-0.05, 0) is 18.6 Å². The largest absolute Gasteiger partial charge is 0.476 e. The number of carbonyl (C=O) groups is 1. The Morgan fingerprint density at radius 1 is 1.64 bits per heavy atom. The summed E-state index contributed by atoms with van der Waals surface area (Å²) in [4.78, 5) is 15.7. The molecule has 1 unspecified atom stereocenters. The zero-order chi connectivity index (χ0) is 9.97. The summed E-state index contributed by atoms with van der Waals surface area (Å²) >= 11 is 3.27. The molecule has 1 aromatic rings. The van der Waals surface area contributed by atoms with Crippen LogP contribution in [0.2, 0.25) is 0 Å². The maximum atomic E-state index is 10.6. The van der Waals surface area contributed by atoms with Crippen molar-refractivity contribution in [3.63, 3.8) is 0 Å². The van der Waals surface area contributed by atoms with Crippen molar-refractivity contribution in [3.8, 4) is 0 Å². The van der Waals surface area contributed by atoms with Gasteiger partial charge in [0.05, 0.1) is 0 Å². The maximum absolute atomic E-state index is 10.6. The smallest absolute Gasteiger partial charge is 0.365 e. The Morgan fingerprint density at radius 2 is 2.50 bits per heavy atom. The predicted molar refractivity (Wildman–Crippen MR) is 58.4 cm³/mol. The van der Waals surface area contributed by atoms with Gasteiger partial charge in [-0.25, -0.2) is 9.78 Å². The predicted octanol–water partition coefficient (Wildman–Crippen LogP) is 2.45. The summed E-state index contributed by atoms with van der Waals surface area (Å²) in [5.41, 5.74) is 0. The van der Waals surface area contributed by atoms with Gasteiger partial charge in [0, 0.05) is 22.7 Å². The minimum atomic E-state index is -0.912. The second-order valence-electron chi connectivity index (χ2n) is 3.29. The highest BCUT2D eigenvalue weighted by Gasteiger charge is 2.19. The van der Waals surface area contributed by atoms with E-state index in [2.05, 4.69) is 4.98 Å². The van der Waals surface area contributed by atoms with Gasteiger partial charge in [-0.2, -0.15) is 11.8 Å². The molecule has 0 bridgehead atoms. The van der Waals surface area contributed by atoms with Crippen LogP contribution in [0.25, 0.3) is 0 Å². The number of thiazole rings is 1. The van der Waals surface area contributed by atoms with Crippen LogP contribution < -0.4 is 0 Å². The van der Waals surface area contributed by atoms with Crippen molar-refractivity contribution in [1.29, 1.82) is 0 Å². The van der Waals surface area contributed by atoms with E-state index in [9.17, 15) is 4.79 Å². The van der Waals surface area contributed by atoms with Gasteiger partial charge >= 0.3 is 5.97 Å². The van der Waals surface area contributed by atoms with Gasteiger partial charge in [-0.15, -0.1) is 11.3 Å². The highest BCUT2D eigenvalue weighted by molar-refractivity contribution is 7.99. The number of aromatic nitrogens is 1. The fraction of sp³-hybridized carbons (Fsp3) is 0.556. The van der Waals surface area contributed by atoms with Crippen molar-refractivity contribution in [3.05, 3.63) is 16.1 Å². The van der Waals surface area contributed by atoms with E-state index in [1.165, 1.54) is 29.9 Å². The minimum absolute atomic E-state index is 0.218. The Balaban J connectivity index is 2.11. The van der Waals surface area contributed by atoms with E-state index in [4.69, 9.17) is 5.11 Å². The number of thioether (sulfide) groups is 1. The van der Waals surface area contributed by atoms with Gasteiger partial charge in [0.25, 0.3) is 0 Å². The quantitative estimate of drug-likeness (QED) is 0.846. The van der Waals surface area contributed by atoms with Gasteiger partial charge in [0.15, 0.2) is 0 Å². The lowest BCUT2D eigenvalue weighted by molar-refractivity contribution is 0.0696. The molecule has 1 fully saturated rings. The number of hydrogen-bond acceptors (Lipinski definition) is 4. The topological polar surface area (TPSA) is 50.2 Å². The first-order valence-corrected chi connectivity index (χ1v) is 6.51. The molecule has 76 valence electrons. The molecule has 0 radical (unpaired) electrons. The maximum Gasteiger partial charge on any atom is 0.365 e. The van der Waals surface area contributed by atoms with Gasteiger partial charge in [-0.3, -0.25) is 0 Å². The second-order valence-corrected chi connectivity index (χ2v) is 5.50. The summed E-state index contributed by atoms with van der Waals surface area (Å²) in [5.74, 6) is 1.96. The molecule has 0 saturated carbocycles. The van der Waals surface area contributed by atoms with E-state index in [0.717, 1.165) is 10.6 Å². The van der Waals surface area contributed by atoms with E-state index in [1.807, 2.05) is 11.8 Å². The van der Waals surface area contributed by atoms with Crippen LogP contribution in [0.3, 0.4) is 0 Å². The molecule has 0 aromatic carbocycles. The minimum Gasteiger partial charge on any atom is -0.476 e. The van der Waals surface area contributed by atoms with Crippen LogP contribution in [-0.4, -0.2) is 27.6 Å². The Kier molecular flexibility index (Phi) is 3.08. The van der Waals surface area contributed by atoms with Crippen LogP contribution in [0.15, 0.2) is 6.20 Å². The standard InChI is InChI=1S/C9H11NO2S2/c11-9(12)8-10-4-7(14-8)6-2-1-3-13-5-6/h4,6H,1-3,5H2,(H,11,12). The molecule has 2 heterocycles. The number of carboxylic acid groups (broad SMARTS) is 1. The lowest BCUT2D eigenvalue weighted by Crippen LogP contribution is -2.06. The molecule has 0 spiro atoms. The average Bonchev–Trinajstić information content (AvgIpc) is 2.68.